The highest BCUT2D eigenvalue weighted by Crippen LogP contribution is 2.33. The number of hydrogen-bond acceptors (Lipinski definition) is 3. The summed E-state index contributed by atoms with van der Waals surface area (Å²) in [7, 11) is 0. The van der Waals surface area contributed by atoms with E-state index < -0.39 is 5.97 Å². The van der Waals surface area contributed by atoms with E-state index in [9.17, 15) is 9.90 Å². The fraction of sp³-hybridized carbons (Fsp3) is 0.562. The average molecular weight is 275 g/mol. The lowest BCUT2D eigenvalue weighted by Crippen LogP contribution is -2.31. The third-order valence-corrected chi connectivity index (χ3v) is 4.45. The van der Waals surface area contributed by atoms with Crippen LogP contribution in [-0.4, -0.2) is 41.8 Å². The van der Waals surface area contributed by atoms with Gasteiger partial charge in [-0.25, -0.2) is 0 Å². The van der Waals surface area contributed by atoms with Crippen molar-refractivity contribution in [1.29, 1.82) is 0 Å². The maximum atomic E-state index is 11.5. The van der Waals surface area contributed by atoms with Crippen molar-refractivity contribution in [2.45, 2.75) is 25.5 Å². The second-order valence-electron chi connectivity index (χ2n) is 5.84. The Bertz CT molecular complexity index is 456. The number of carboxylic acid groups (broad SMARTS) is 1. The summed E-state index contributed by atoms with van der Waals surface area (Å²) in [6, 6.07) is 10.2. The highest BCUT2D eigenvalue weighted by molar-refractivity contribution is 5.71. The van der Waals surface area contributed by atoms with Gasteiger partial charge in [0.1, 0.15) is 0 Å². The van der Waals surface area contributed by atoms with Gasteiger partial charge in [0, 0.05) is 32.2 Å². The van der Waals surface area contributed by atoms with Crippen LogP contribution in [-0.2, 0) is 16.1 Å². The van der Waals surface area contributed by atoms with Crippen LogP contribution in [0, 0.1) is 11.8 Å². The molecule has 4 nitrogen and oxygen atoms in total. The first-order chi connectivity index (χ1) is 9.74. The second-order valence-corrected chi connectivity index (χ2v) is 5.84. The Morgan fingerprint density at radius 3 is 2.75 bits per heavy atom. The molecule has 1 aromatic carbocycles. The summed E-state index contributed by atoms with van der Waals surface area (Å²) >= 11 is 0. The Balaban J connectivity index is 1.68. The maximum Gasteiger partial charge on any atom is 0.308 e. The van der Waals surface area contributed by atoms with Crippen molar-refractivity contribution in [2.75, 3.05) is 19.7 Å². The molecular formula is C16H21NO3. The average Bonchev–Trinajstić information content (AvgIpc) is 3.08. The molecule has 2 aliphatic rings. The lowest BCUT2D eigenvalue weighted by atomic mass is 9.89. The molecule has 0 radical (unpaired) electrons. The Labute approximate surface area is 119 Å². The van der Waals surface area contributed by atoms with Gasteiger partial charge >= 0.3 is 5.97 Å². The minimum absolute atomic E-state index is 0.136. The Kier molecular flexibility index (Phi) is 4.03. The minimum atomic E-state index is -0.680. The van der Waals surface area contributed by atoms with Gasteiger partial charge in [-0.2, -0.15) is 0 Å². The molecule has 1 N–H and O–H groups in total. The molecule has 0 aliphatic carbocycles. The van der Waals surface area contributed by atoms with E-state index in [-0.39, 0.29) is 17.9 Å². The number of nitrogens with zero attached hydrogens (tertiary/aromatic N) is 1. The SMILES string of the molecule is O=C(O)C1CN(Cc2ccccc2)CC1C1CCCO1. The van der Waals surface area contributed by atoms with E-state index in [2.05, 4.69) is 17.0 Å². The van der Waals surface area contributed by atoms with Crippen molar-refractivity contribution in [2.24, 2.45) is 11.8 Å². The number of ether oxygens (including phenoxy) is 1. The fourth-order valence-electron chi connectivity index (χ4n) is 3.46. The van der Waals surface area contributed by atoms with Crippen molar-refractivity contribution in [3.63, 3.8) is 0 Å². The summed E-state index contributed by atoms with van der Waals surface area (Å²) in [5, 5.41) is 9.45. The molecule has 0 aromatic heterocycles. The third-order valence-electron chi connectivity index (χ3n) is 4.45. The number of carbonyl (C=O) groups is 1. The van der Waals surface area contributed by atoms with Gasteiger partial charge in [-0.3, -0.25) is 9.69 Å². The molecule has 0 saturated carbocycles. The summed E-state index contributed by atoms with van der Waals surface area (Å²) in [4.78, 5) is 13.7. The van der Waals surface area contributed by atoms with Gasteiger partial charge in [-0.05, 0) is 18.4 Å². The molecule has 3 atom stereocenters. The number of hydrogen-bond donors (Lipinski definition) is 1. The highest BCUT2D eigenvalue weighted by atomic mass is 16.5. The monoisotopic (exact) mass is 275 g/mol. The number of benzene rings is 1. The van der Waals surface area contributed by atoms with Gasteiger partial charge < -0.3 is 9.84 Å². The van der Waals surface area contributed by atoms with Gasteiger partial charge in [0.05, 0.1) is 12.0 Å². The van der Waals surface area contributed by atoms with Gasteiger partial charge in [-0.1, -0.05) is 30.3 Å². The normalized spacial score (nSPS) is 30.7. The van der Waals surface area contributed by atoms with Gasteiger partial charge in [0.2, 0.25) is 0 Å². The van der Waals surface area contributed by atoms with Gasteiger partial charge in [0.25, 0.3) is 0 Å². The molecular weight excluding hydrogens is 254 g/mol. The fourth-order valence-corrected chi connectivity index (χ4v) is 3.46. The van der Waals surface area contributed by atoms with Crippen LogP contribution in [0.1, 0.15) is 18.4 Å². The van der Waals surface area contributed by atoms with Gasteiger partial charge in [0.15, 0.2) is 0 Å². The predicted octanol–water partition coefficient (Wildman–Crippen LogP) is 2.00. The molecule has 0 spiro atoms. The smallest absolute Gasteiger partial charge is 0.308 e. The maximum absolute atomic E-state index is 11.5. The van der Waals surface area contributed by atoms with Crippen molar-refractivity contribution in [3.05, 3.63) is 35.9 Å². The van der Waals surface area contributed by atoms with Crippen molar-refractivity contribution >= 4 is 5.97 Å². The van der Waals surface area contributed by atoms with Crippen molar-refractivity contribution in [1.82, 2.24) is 4.90 Å². The molecule has 2 fully saturated rings. The first kappa shape index (κ1) is 13.6. The van der Waals surface area contributed by atoms with Crippen LogP contribution in [0.3, 0.4) is 0 Å². The van der Waals surface area contributed by atoms with E-state index in [1.807, 2.05) is 18.2 Å². The van der Waals surface area contributed by atoms with E-state index >= 15 is 0 Å². The molecule has 3 rings (SSSR count). The van der Waals surface area contributed by atoms with Crippen LogP contribution in [0.15, 0.2) is 30.3 Å². The summed E-state index contributed by atoms with van der Waals surface area (Å²) in [6.45, 7) is 3.07. The topological polar surface area (TPSA) is 49.8 Å². The Morgan fingerprint density at radius 2 is 2.10 bits per heavy atom. The van der Waals surface area contributed by atoms with Crippen molar-refractivity contribution < 1.29 is 14.6 Å². The number of carboxylic acids is 1. The Morgan fingerprint density at radius 1 is 1.30 bits per heavy atom. The highest BCUT2D eigenvalue weighted by Gasteiger charge is 2.43. The van der Waals surface area contributed by atoms with Crippen LogP contribution in [0.4, 0.5) is 0 Å². The molecule has 0 amide bonds. The van der Waals surface area contributed by atoms with E-state index in [1.54, 1.807) is 0 Å². The van der Waals surface area contributed by atoms with Crippen LogP contribution in [0.5, 0.6) is 0 Å². The third kappa shape index (κ3) is 2.86. The first-order valence-corrected chi connectivity index (χ1v) is 7.35. The van der Waals surface area contributed by atoms with Crippen LogP contribution in [0.25, 0.3) is 0 Å². The molecule has 2 aliphatic heterocycles. The molecule has 4 heteroatoms. The zero-order valence-corrected chi connectivity index (χ0v) is 11.6. The van der Waals surface area contributed by atoms with E-state index in [0.717, 1.165) is 32.5 Å². The summed E-state index contributed by atoms with van der Waals surface area (Å²) in [5.41, 5.74) is 1.24. The minimum Gasteiger partial charge on any atom is -0.481 e. The van der Waals surface area contributed by atoms with Gasteiger partial charge in [-0.15, -0.1) is 0 Å². The number of likely N-dealkylation sites (tertiary alicyclic amines) is 1. The van der Waals surface area contributed by atoms with E-state index in [0.29, 0.717) is 6.54 Å². The molecule has 20 heavy (non-hydrogen) atoms. The zero-order valence-electron chi connectivity index (χ0n) is 11.6. The molecule has 3 unspecified atom stereocenters. The number of rotatable bonds is 4. The predicted molar refractivity (Wildman–Crippen MR) is 75.3 cm³/mol. The number of aliphatic carboxylic acids is 1. The zero-order chi connectivity index (χ0) is 13.9. The lowest BCUT2D eigenvalue weighted by Gasteiger charge is -2.21. The lowest BCUT2D eigenvalue weighted by molar-refractivity contribution is -0.144. The van der Waals surface area contributed by atoms with Crippen LogP contribution >= 0.6 is 0 Å². The van der Waals surface area contributed by atoms with E-state index in [1.165, 1.54) is 5.56 Å². The van der Waals surface area contributed by atoms with Crippen molar-refractivity contribution in [3.8, 4) is 0 Å². The Hall–Kier alpha value is -1.39. The van der Waals surface area contributed by atoms with Crippen LogP contribution in [0.2, 0.25) is 0 Å². The molecule has 0 bridgehead atoms. The summed E-state index contributed by atoms with van der Waals surface area (Å²) < 4.78 is 5.73. The largest absolute Gasteiger partial charge is 0.481 e. The molecule has 2 saturated heterocycles. The molecule has 1 aromatic rings. The molecule has 108 valence electrons. The second kappa shape index (κ2) is 5.94. The standard InChI is InChI=1S/C16H21NO3/c18-16(19)14-11-17(9-12-5-2-1-3-6-12)10-13(14)15-7-4-8-20-15/h1-3,5-6,13-15H,4,7-11H2,(H,18,19). The molecule has 2 heterocycles. The van der Waals surface area contributed by atoms with E-state index in [4.69, 9.17) is 4.74 Å². The quantitative estimate of drug-likeness (QED) is 0.913. The summed E-state index contributed by atoms with van der Waals surface area (Å²) in [6.07, 6.45) is 2.21. The summed E-state index contributed by atoms with van der Waals surface area (Å²) in [5.74, 6) is -0.832. The van der Waals surface area contributed by atoms with Crippen LogP contribution < -0.4 is 0 Å². The first-order valence-electron chi connectivity index (χ1n) is 7.35.